The average Bonchev–Trinajstić information content (AvgIpc) is 2.78. The van der Waals surface area contributed by atoms with Crippen molar-refractivity contribution in [3.05, 3.63) is 95.6 Å². The molecule has 0 aliphatic heterocycles. The van der Waals surface area contributed by atoms with Crippen LogP contribution in [-0.4, -0.2) is 28.6 Å². The molecule has 0 bridgehead atoms. The Hall–Kier alpha value is -2.34. The molecule has 0 saturated heterocycles. The molecule has 3 aromatic rings. The van der Waals surface area contributed by atoms with Gasteiger partial charge in [0.25, 0.3) is 0 Å². The number of nitrogens with zero attached hydrogens (tertiary/aromatic N) is 1. The van der Waals surface area contributed by atoms with E-state index in [0.29, 0.717) is 30.5 Å². The average molecular weight is 464 g/mol. The number of carbonyl (C=O) groups excluding carboxylic acids is 2. The van der Waals surface area contributed by atoms with Gasteiger partial charge in [-0.3, -0.25) is 14.5 Å². The first-order valence-electron chi connectivity index (χ1n) is 10.8. The van der Waals surface area contributed by atoms with E-state index in [0.717, 1.165) is 15.4 Å². The molecule has 0 amide bonds. The minimum absolute atomic E-state index is 0.0269. The molecule has 3 nitrogen and oxygen atoms in total. The zero-order chi connectivity index (χ0) is 23.1. The Morgan fingerprint density at radius 1 is 0.688 bits per heavy atom. The quantitative estimate of drug-likeness (QED) is 0.270. The number of hydrogen-bond acceptors (Lipinski definition) is 5. The molecule has 0 heterocycles. The standard InChI is InChI=1S/C27H29NO2S2/c1-19(16-26(29)22-8-12-24(31)13-9-22)28(18-21-6-4-3-5-7-21)20(2)17-27(30)23-10-14-25(32)15-11-23/h3-15,19-20,31-32H,16-18H2,1-2H3. The fraction of sp³-hybridized carbons (Fsp3) is 0.259. The lowest BCUT2D eigenvalue weighted by molar-refractivity contribution is 0.0810. The third-order valence-electron chi connectivity index (χ3n) is 5.68. The molecule has 2 unspecified atom stereocenters. The summed E-state index contributed by atoms with van der Waals surface area (Å²) in [5.74, 6) is 0.179. The van der Waals surface area contributed by atoms with Crippen molar-refractivity contribution < 1.29 is 9.59 Å². The smallest absolute Gasteiger partial charge is 0.164 e. The van der Waals surface area contributed by atoms with Gasteiger partial charge in [0.2, 0.25) is 0 Å². The fourth-order valence-electron chi connectivity index (χ4n) is 3.84. The topological polar surface area (TPSA) is 37.4 Å². The van der Waals surface area contributed by atoms with Crippen molar-refractivity contribution in [1.29, 1.82) is 0 Å². The van der Waals surface area contributed by atoms with Crippen LogP contribution in [0.3, 0.4) is 0 Å². The summed E-state index contributed by atoms with van der Waals surface area (Å²) in [5, 5.41) is 0. The van der Waals surface area contributed by atoms with E-state index in [-0.39, 0.29) is 23.7 Å². The Morgan fingerprint density at radius 3 is 1.50 bits per heavy atom. The molecule has 0 aromatic heterocycles. The first-order chi connectivity index (χ1) is 15.3. The van der Waals surface area contributed by atoms with Crippen LogP contribution in [0.4, 0.5) is 0 Å². The largest absolute Gasteiger partial charge is 0.294 e. The minimum Gasteiger partial charge on any atom is -0.294 e. The van der Waals surface area contributed by atoms with Gasteiger partial charge >= 0.3 is 0 Å². The molecule has 0 aliphatic rings. The summed E-state index contributed by atoms with van der Waals surface area (Å²) in [5.41, 5.74) is 2.53. The van der Waals surface area contributed by atoms with Gasteiger partial charge in [0, 0.05) is 52.4 Å². The molecule has 0 radical (unpaired) electrons. The summed E-state index contributed by atoms with van der Waals surface area (Å²) in [6.45, 7) is 4.80. The highest BCUT2D eigenvalue weighted by molar-refractivity contribution is 7.80. The van der Waals surface area contributed by atoms with Crippen LogP contribution >= 0.6 is 25.3 Å². The molecule has 0 spiro atoms. The lowest BCUT2D eigenvalue weighted by atomic mass is 9.98. The second-order valence-corrected chi connectivity index (χ2v) is 9.24. The van der Waals surface area contributed by atoms with E-state index >= 15 is 0 Å². The van der Waals surface area contributed by atoms with Crippen molar-refractivity contribution in [2.24, 2.45) is 0 Å². The molecular weight excluding hydrogens is 434 g/mol. The van der Waals surface area contributed by atoms with E-state index in [9.17, 15) is 9.59 Å². The van der Waals surface area contributed by atoms with Crippen molar-refractivity contribution in [2.45, 2.75) is 55.1 Å². The third kappa shape index (κ3) is 6.83. The van der Waals surface area contributed by atoms with Crippen LogP contribution in [0.15, 0.2) is 88.7 Å². The van der Waals surface area contributed by atoms with Crippen molar-refractivity contribution in [3.8, 4) is 0 Å². The highest BCUT2D eigenvalue weighted by Gasteiger charge is 2.25. The first-order valence-corrected chi connectivity index (χ1v) is 11.7. The highest BCUT2D eigenvalue weighted by atomic mass is 32.1. The Balaban J connectivity index is 1.75. The molecule has 3 aromatic carbocycles. The number of Topliss-reactive ketones (excluding diaryl/α,β-unsaturated/α-hetero) is 2. The molecule has 32 heavy (non-hydrogen) atoms. The SMILES string of the molecule is CC(CC(=O)c1ccc(S)cc1)N(Cc1ccccc1)C(C)CC(=O)c1ccc(S)cc1. The van der Waals surface area contributed by atoms with Gasteiger partial charge in [-0.05, 0) is 43.7 Å². The van der Waals surface area contributed by atoms with E-state index in [4.69, 9.17) is 0 Å². The van der Waals surface area contributed by atoms with Gasteiger partial charge in [-0.25, -0.2) is 0 Å². The Bertz CT molecular complexity index is 968. The molecule has 3 rings (SSSR count). The van der Waals surface area contributed by atoms with Crippen LogP contribution in [0.1, 0.15) is 53.0 Å². The van der Waals surface area contributed by atoms with Gasteiger partial charge in [-0.2, -0.15) is 0 Å². The molecule has 0 aliphatic carbocycles. The summed E-state index contributed by atoms with van der Waals surface area (Å²) >= 11 is 8.59. The van der Waals surface area contributed by atoms with Gasteiger partial charge in [-0.15, -0.1) is 25.3 Å². The predicted octanol–water partition coefficient (Wildman–Crippen LogP) is 6.39. The number of benzene rings is 3. The maximum Gasteiger partial charge on any atom is 0.164 e. The maximum atomic E-state index is 12.9. The van der Waals surface area contributed by atoms with Crippen LogP contribution in [0, 0.1) is 0 Å². The molecule has 2 atom stereocenters. The van der Waals surface area contributed by atoms with Crippen molar-refractivity contribution >= 4 is 36.8 Å². The molecule has 5 heteroatoms. The van der Waals surface area contributed by atoms with Gasteiger partial charge in [0.05, 0.1) is 0 Å². The van der Waals surface area contributed by atoms with E-state index in [1.54, 1.807) is 0 Å². The van der Waals surface area contributed by atoms with Crippen molar-refractivity contribution in [3.63, 3.8) is 0 Å². The van der Waals surface area contributed by atoms with Crippen LogP contribution < -0.4 is 0 Å². The van der Waals surface area contributed by atoms with Gasteiger partial charge in [0.1, 0.15) is 0 Å². The van der Waals surface area contributed by atoms with Gasteiger partial charge in [-0.1, -0.05) is 54.6 Å². The number of thiol groups is 2. The Labute approximate surface area is 201 Å². The van der Waals surface area contributed by atoms with Crippen molar-refractivity contribution in [2.75, 3.05) is 0 Å². The molecule has 166 valence electrons. The Morgan fingerprint density at radius 2 is 1.09 bits per heavy atom. The lowest BCUT2D eigenvalue weighted by Crippen LogP contribution is -2.42. The highest BCUT2D eigenvalue weighted by Crippen LogP contribution is 2.21. The second-order valence-electron chi connectivity index (χ2n) is 8.20. The second kappa shape index (κ2) is 11.5. The van der Waals surface area contributed by atoms with Gasteiger partial charge in [0.15, 0.2) is 11.6 Å². The van der Waals surface area contributed by atoms with Crippen LogP contribution in [-0.2, 0) is 6.54 Å². The van der Waals surface area contributed by atoms with E-state index in [1.165, 1.54) is 0 Å². The summed E-state index contributed by atoms with van der Waals surface area (Å²) in [6, 6.07) is 24.7. The van der Waals surface area contributed by atoms with E-state index in [1.807, 2.05) is 66.7 Å². The monoisotopic (exact) mass is 463 g/mol. The van der Waals surface area contributed by atoms with Crippen LogP contribution in [0.25, 0.3) is 0 Å². The summed E-state index contributed by atoms with van der Waals surface area (Å²) in [6.07, 6.45) is 0.761. The molecule has 0 saturated carbocycles. The molecule has 0 fully saturated rings. The van der Waals surface area contributed by atoms with E-state index in [2.05, 4.69) is 56.1 Å². The van der Waals surface area contributed by atoms with Crippen LogP contribution in [0.5, 0.6) is 0 Å². The molecule has 0 N–H and O–H groups in total. The number of ketones is 2. The zero-order valence-electron chi connectivity index (χ0n) is 18.4. The lowest BCUT2D eigenvalue weighted by Gasteiger charge is -2.34. The fourth-order valence-corrected chi connectivity index (χ4v) is 4.14. The van der Waals surface area contributed by atoms with Gasteiger partial charge < -0.3 is 0 Å². The van der Waals surface area contributed by atoms with Crippen LogP contribution in [0.2, 0.25) is 0 Å². The molecular formula is C27H29NO2S2. The number of hydrogen-bond donors (Lipinski definition) is 2. The maximum absolute atomic E-state index is 12.9. The predicted molar refractivity (Wildman–Crippen MR) is 136 cm³/mol. The zero-order valence-corrected chi connectivity index (χ0v) is 20.2. The number of rotatable bonds is 10. The number of carbonyl (C=O) groups is 2. The minimum atomic E-state index is -0.0269. The Kier molecular flexibility index (Phi) is 8.74. The van der Waals surface area contributed by atoms with E-state index < -0.39 is 0 Å². The first kappa shape index (κ1) is 24.3. The summed E-state index contributed by atoms with van der Waals surface area (Å²) in [4.78, 5) is 29.7. The third-order valence-corrected chi connectivity index (χ3v) is 6.28. The van der Waals surface area contributed by atoms with Crippen molar-refractivity contribution in [1.82, 2.24) is 4.90 Å². The normalized spacial score (nSPS) is 13.0. The summed E-state index contributed by atoms with van der Waals surface area (Å²) < 4.78 is 0. The summed E-state index contributed by atoms with van der Waals surface area (Å²) in [7, 11) is 0.